The molecule has 2 fully saturated rings. The molecule has 0 radical (unpaired) electrons. The first-order valence-electron chi connectivity index (χ1n) is 11.5. The van der Waals surface area contributed by atoms with E-state index >= 15 is 0 Å². The third-order valence-corrected chi connectivity index (χ3v) is 9.06. The highest BCUT2D eigenvalue weighted by atomic mass is 32.2. The molecule has 2 N–H and O–H groups in total. The van der Waals surface area contributed by atoms with Crippen LogP contribution in [0.1, 0.15) is 42.2 Å². The molecule has 0 unspecified atom stereocenters. The summed E-state index contributed by atoms with van der Waals surface area (Å²) in [6, 6.07) is 0.220. The van der Waals surface area contributed by atoms with Crippen LogP contribution < -0.4 is 5.73 Å². The lowest BCUT2D eigenvalue weighted by atomic mass is 9.89. The number of benzene rings is 1. The molecule has 0 aliphatic carbocycles. The molecule has 14 heteroatoms. The van der Waals surface area contributed by atoms with E-state index in [1.54, 1.807) is 0 Å². The maximum Gasteiger partial charge on any atom is 0.416 e. The first-order valence-corrected chi connectivity index (χ1v) is 13.0. The third kappa shape index (κ3) is 4.64. The Labute approximate surface area is 204 Å². The van der Waals surface area contributed by atoms with Crippen LogP contribution >= 0.6 is 0 Å². The SMILES string of the molecule is N[C@H]1C[C@@H](N2Cc3cn(S(=O)(=O)C4CCOCC4)nc3C2)[C@H](C(F)(F)F)O[C@@H]1c1cc(F)ccc1F. The zero-order valence-electron chi connectivity index (χ0n) is 19.0. The number of hydrogen-bond acceptors (Lipinski definition) is 7. The minimum absolute atomic E-state index is 0.0188. The van der Waals surface area contributed by atoms with Crippen LogP contribution in [0.2, 0.25) is 0 Å². The Morgan fingerprint density at radius 3 is 2.50 bits per heavy atom. The van der Waals surface area contributed by atoms with Crippen molar-refractivity contribution in [2.75, 3.05) is 13.2 Å². The van der Waals surface area contributed by atoms with Crippen molar-refractivity contribution in [3.63, 3.8) is 0 Å². The summed E-state index contributed by atoms with van der Waals surface area (Å²) in [7, 11) is -3.75. The van der Waals surface area contributed by atoms with E-state index in [1.807, 2.05) is 0 Å². The van der Waals surface area contributed by atoms with Gasteiger partial charge in [-0.3, -0.25) is 4.90 Å². The Morgan fingerprint density at radius 1 is 1.11 bits per heavy atom. The summed E-state index contributed by atoms with van der Waals surface area (Å²) in [4.78, 5) is 1.49. The van der Waals surface area contributed by atoms with Crippen LogP contribution in [0.4, 0.5) is 22.0 Å². The number of hydrogen-bond donors (Lipinski definition) is 1. The number of halogens is 5. The molecule has 0 saturated carbocycles. The molecule has 0 spiro atoms. The largest absolute Gasteiger partial charge is 0.416 e. The lowest BCUT2D eigenvalue weighted by molar-refractivity contribution is -0.269. The van der Waals surface area contributed by atoms with Gasteiger partial charge in [-0.25, -0.2) is 17.2 Å². The van der Waals surface area contributed by atoms with Gasteiger partial charge < -0.3 is 15.2 Å². The maximum atomic E-state index is 14.3. The van der Waals surface area contributed by atoms with Crippen molar-refractivity contribution in [3.8, 4) is 0 Å². The van der Waals surface area contributed by atoms with E-state index in [9.17, 15) is 30.4 Å². The van der Waals surface area contributed by atoms with E-state index < -0.39 is 57.4 Å². The van der Waals surface area contributed by atoms with Crippen LogP contribution in [0.25, 0.3) is 0 Å². The Hall–Kier alpha value is -2.13. The second-order valence-electron chi connectivity index (χ2n) is 9.39. The average molecular weight is 537 g/mol. The molecule has 1 aromatic carbocycles. The van der Waals surface area contributed by atoms with Crippen LogP contribution in [0.15, 0.2) is 24.4 Å². The van der Waals surface area contributed by atoms with Crippen molar-refractivity contribution in [2.24, 2.45) is 5.73 Å². The minimum Gasteiger partial charge on any atom is -0.381 e. The van der Waals surface area contributed by atoms with Crippen molar-refractivity contribution in [1.82, 2.24) is 14.1 Å². The van der Waals surface area contributed by atoms with Crippen LogP contribution in [-0.4, -0.2) is 65.3 Å². The summed E-state index contributed by atoms with van der Waals surface area (Å²) in [5.74, 6) is -1.72. The summed E-state index contributed by atoms with van der Waals surface area (Å²) < 4.78 is 107. The number of aromatic nitrogens is 2. The first kappa shape index (κ1) is 25.5. The molecule has 2 aromatic rings. The number of fused-ring (bicyclic) bond motifs is 1. The molecule has 5 rings (SSSR count). The second-order valence-corrected chi connectivity index (χ2v) is 11.5. The van der Waals surface area contributed by atoms with Gasteiger partial charge in [0.15, 0.2) is 6.10 Å². The van der Waals surface area contributed by atoms with Crippen molar-refractivity contribution >= 4 is 10.0 Å². The highest BCUT2D eigenvalue weighted by molar-refractivity contribution is 7.90. The lowest BCUT2D eigenvalue weighted by Gasteiger charge is -2.44. The summed E-state index contributed by atoms with van der Waals surface area (Å²) in [6.07, 6.45) is -6.77. The van der Waals surface area contributed by atoms with Crippen molar-refractivity contribution < 1.29 is 39.8 Å². The fraction of sp³-hybridized carbons (Fsp3) is 0.591. The third-order valence-electron chi connectivity index (χ3n) is 7.03. The Bertz CT molecular complexity index is 1210. The van der Waals surface area contributed by atoms with Gasteiger partial charge in [0.2, 0.25) is 0 Å². The number of nitrogens with zero attached hydrogens (tertiary/aromatic N) is 3. The molecule has 198 valence electrons. The van der Waals surface area contributed by atoms with Gasteiger partial charge in [-0.1, -0.05) is 0 Å². The fourth-order valence-electron chi connectivity index (χ4n) is 5.19. The van der Waals surface area contributed by atoms with Crippen LogP contribution in [0.5, 0.6) is 0 Å². The monoisotopic (exact) mass is 536 g/mol. The molecule has 8 nitrogen and oxygen atoms in total. The lowest BCUT2D eigenvalue weighted by Crippen LogP contribution is -2.58. The molecule has 36 heavy (non-hydrogen) atoms. The van der Waals surface area contributed by atoms with E-state index in [1.165, 1.54) is 11.1 Å². The number of ether oxygens (including phenoxy) is 2. The maximum absolute atomic E-state index is 14.3. The fourth-order valence-corrected chi connectivity index (χ4v) is 6.77. The zero-order valence-corrected chi connectivity index (χ0v) is 19.8. The minimum atomic E-state index is -4.81. The number of nitrogens with two attached hydrogens (primary N) is 1. The summed E-state index contributed by atoms with van der Waals surface area (Å²) >= 11 is 0. The Balaban J connectivity index is 1.36. The van der Waals surface area contributed by atoms with E-state index in [0.29, 0.717) is 37.3 Å². The first-order chi connectivity index (χ1) is 16.9. The summed E-state index contributed by atoms with van der Waals surface area (Å²) in [5.41, 5.74) is 6.61. The van der Waals surface area contributed by atoms with Gasteiger partial charge in [-0.05, 0) is 37.5 Å². The van der Waals surface area contributed by atoms with Gasteiger partial charge in [-0.2, -0.15) is 22.4 Å². The molecule has 4 atom stereocenters. The molecule has 1 aromatic heterocycles. The van der Waals surface area contributed by atoms with Crippen LogP contribution in [0, 0.1) is 11.6 Å². The van der Waals surface area contributed by atoms with Crippen molar-refractivity contribution in [2.45, 2.75) is 68.1 Å². The van der Waals surface area contributed by atoms with Gasteiger partial charge in [0, 0.05) is 55.7 Å². The van der Waals surface area contributed by atoms with Gasteiger partial charge >= 0.3 is 6.18 Å². The molecule has 0 amide bonds. The second kappa shape index (κ2) is 9.31. The number of rotatable bonds is 4. The van der Waals surface area contributed by atoms with Gasteiger partial charge in [-0.15, -0.1) is 0 Å². The quantitative estimate of drug-likeness (QED) is 0.600. The summed E-state index contributed by atoms with van der Waals surface area (Å²) in [5, 5.41) is 3.54. The molecule has 0 bridgehead atoms. The van der Waals surface area contributed by atoms with Crippen molar-refractivity contribution in [3.05, 3.63) is 52.9 Å². The molecule has 3 aliphatic rings. The van der Waals surface area contributed by atoms with Crippen molar-refractivity contribution in [1.29, 1.82) is 0 Å². The average Bonchev–Trinajstić information content (AvgIpc) is 3.40. The molecular weight excluding hydrogens is 511 g/mol. The van der Waals surface area contributed by atoms with Crippen LogP contribution in [0.3, 0.4) is 0 Å². The molecule has 4 heterocycles. The smallest absolute Gasteiger partial charge is 0.381 e. The van der Waals surface area contributed by atoms with Gasteiger partial charge in [0.05, 0.1) is 10.9 Å². The highest BCUT2D eigenvalue weighted by Crippen LogP contribution is 2.42. The molecule has 3 aliphatic heterocycles. The topological polar surface area (TPSA) is 99.7 Å². The predicted molar refractivity (Wildman–Crippen MR) is 116 cm³/mol. The summed E-state index contributed by atoms with van der Waals surface area (Å²) in [6.45, 7) is 0.656. The van der Waals surface area contributed by atoms with E-state index in [2.05, 4.69) is 5.10 Å². The van der Waals surface area contributed by atoms with E-state index in [4.69, 9.17) is 15.2 Å². The van der Waals surface area contributed by atoms with E-state index in [0.717, 1.165) is 22.3 Å². The number of alkyl halides is 3. The van der Waals surface area contributed by atoms with Gasteiger partial charge in [0.1, 0.15) is 17.7 Å². The highest BCUT2D eigenvalue weighted by Gasteiger charge is 2.54. The van der Waals surface area contributed by atoms with Gasteiger partial charge in [0.25, 0.3) is 10.0 Å². The Morgan fingerprint density at radius 2 is 1.83 bits per heavy atom. The van der Waals surface area contributed by atoms with Crippen LogP contribution in [-0.2, 0) is 32.6 Å². The normalized spacial score (nSPS) is 28.4. The van der Waals surface area contributed by atoms with E-state index in [-0.39, 0.29) is 25.1 Å². The Kier molecular flexibility index (Phi) is 6.60. The molecular formula is C22H25F5N4O4S. The standard InChI is InChI=1S/C22H25F5N4O4S/c23-13-1-2-16(24)15(7-13)20-17(28)8-19(21(35-20)22(25,26)27)30-9-12-10-31(29-18(12)11-30)36(32,33)14-3-5-34-6-4-14/h1-2,7,10,14,17,19-21H,3-6,8-9,11,28H2/t17-,19+,20+,21+/m0/s1. The zero-order chi connectivity index (χ0) is 25.8. The molecule has 2 saturated heterocycles. The predicted octanol–water partition coefficient (Wildman–Crippen LogP) is 2.62.